The van der Waals surface area contributed by atoms with Crippen molar-refractivity contribution in [2.24, 2.45) is 5.16 Å². The Balaban J connectivity index is 3.18. The lowest BCUT2D eigenvalue weighted by molar-refractivity contribution is 0.321. The summed E-state index contributed by atoms with van der Waals surface area (Å²) in [6.45, 7) is 0. The molecule has 1 aromatic rings. The van der Waals surface area contributed by atoms with Crippen molar-refractivity contribution in [1.29, 1.82) is 0 Å². The lowest BCUT2D eigenvalue weighted by Gasteiger charge is -1.98. The van der Waals surface area contributed by atoms with E-state index in [9.17, 15) is 4.39 Å². The molecule has 1 rings (SSSR count). The zero-order chi connectivity index (χ0) is 9.14. The summed E-state index contributed by atoms with van der Waals surface area (Å²) < 4.78 is 13.0. The minimum atomic E-state index is -0.535. The molecule has 0 saturated carbocycles. The normalized spacial score (nSPS) is 11.8. The molecule has 12 heavy (non-hydrogen) atoms. The molecule has 0 heterocycles. The Morgan fingerprint density at radius 3 is 2.75 bits per heavy atom. The average molecular weight is 252 g/mol. The predicted octanol–water partition coefficient (Wildman–Crippen LogP) is 3.01. The van der Waals surface area contributed by atoms with Crippen LogP contribution in [0.15, 0.2) is 23.4 Å². The van der Waals surface area contributed by atoms with E-state index < -0.39 is 5.82 Å². The molecule has 0 spiro atoms. The van der Waals surface area contributed by atoms with Crippen LogP contribution < -0.4 is 0 Å². The molecule has 0 atom stereocenters. The van der Waals surface area contributed by atoms with E-state index in [1.807, 2.05) is 0 Å². The lowest BCUT2D eigenvalue weighted by atomic mass is 10.2. The zero-order valence-corrected chi connectivity index (χ0v) is 8.10. The van der Waals surface area contributed by atoms with Crippen LogP contribution >= 0.6 is 27.5 Å². The molecule has 0 aliphatic rings. The van der Waals surface area contributed by atoms with Gasteiger partial charge in [0, 0.05) is 10.6 Å². The number of hydrogen-bond donors (Lipinski definition) is 1. The molecule has 64 valence electrons. The van der Waals surface area contributed by atoms with Crippen LogP contribution in [0.5, 0.6) is 0 Å². The van der Waals surface area contributed by atoms with Crippen molar-refractivity contribution in [3.05, 3.63) is 34.6 Å². The molecule has 0 amide bonds. The Labute approximate surface area is 81.8 Å². The van der Waals surface area contributed by atoms with Gasteiger partial charge in [0.2, 0.25) is 0 Å². The predicted molar refractivity (Wildman–Crippen MR) is 48.7 cm³/mol. The molecule has 0 aromatic heterocycles. The molecule has 0 aliphatic carbocycles. The first-order valence-electron chi connectivity index (χ1n) is 2.98. The van der Waals surface area contributed by atoms with Crippen LogP contribution in [0.3, 0.4) is 0 Å². The Hall–Kier alpha value is -0.610. The van der Waals surface area contributed by atoms with Crippen molar-refractivity contribution in [3.8, 4) is 0 Å². The van der Waals surface area contributed by atoms with E-state index in [-0.39, 0.29) is 10.2 Å². The SMILES string of the molecule is ON=C(Br)c1ccc(Cl)cc1F. The molecule has 1 aromatic carbocycles. The fourth-order valence-electron chi connectivity index (χ4n) is 0.711. The number of hydrogen-bond acceptors (Lipinski definition) is 2. The lowest BCUT2D eigenvalue weighted by Crippen LogP contribution is -1.94. The molecule has 0 aliphatic heterocycles. The first-order chi connectivity index (χ1) is 5.65. The van der Waals surface area contributed by atoms with E-state index in [2.05, 4.69) is 21.1 Å². The number of benzene rings is 1. The van der Waals surface area contributed by atoms with E-state index >= 15 is 0 Å². The molecule has 0 bridgehead atoms. The topological polar surface area (TPSA) is 32.6 Å². The van der Waals surface area contributed by atoms with Gasteiger partial charge in [0.15, 0.2) is 4.62 Å². The smallest absolute Gasteiger partial charge is 0.155 e. The quantitative estimate of drug-likeness (QED) is 0.465. The second-order valence-electron chi connectivity index (χ2n) is 2.01. The molecule has 0 fully saturated rings. The minimum absolute atomic E-state index is 0.0386. The summed E-state index contributed by atoms with van der Waals surface area (Å²) in [7, 11) is 0. The first-order valence-corrected chi connectivity index (χ1v) is 4.15. The van der Waals surface area contributed by atoms with Gasteiger partial charge in [-0.1, -0.05) is 16.8 Å². The van der Waals surface area contributed by atoms with Gasteiger partial charge in [-0.2, -0.15) is 0 Å². The molecule has 0 radical (unpaired) electrons. The summed E-state index contributed by atoms with van der Waals surface area (Å²) in [6.07, 6.45) is 0. The van der Waals surface area contributed by atoms with Crippen LogP contribution in [0.4, 0.5) is 4.39 Å². The number of halogens is 3. The standard InChI is InChI=1S/C7H4BrClFNO/c8-7(11-12)5-2-1-4(9)3-6(5)10/h1-3,12H. The maximum atomic E-state index is 13.0. The van der Waals surface area contributed by atoms with E-state index in [4.69, 9.17) is 16.8 Å². The maximum Gasteiger partial charge on any atom is 0.155 e. The third kappa shape index (κ3) is 1.95. The number of oxime groups is 1. The second kappa shape index (κ2) is 3.87. The van der Waals surface area contributed by atoms with Gasteiger partial charge in [-0.3, -0.25) is 0 Å². The van der Waals surface area contributed by atoms with Crippen molar-refractivity contribution in [2.75, 3.05) is 0 Å². The van der Waals surface area contributed by atoms with Crippen LogP contribution in [0.1, 0.15) is 5.56 Å². The van der Waals surface area contributed by atoms with Gasteiger partial charge < -0.3 is 5.21 Å². The Kier molecular flexibility index (Phi) is 3.05. The summed E-state index contributed by atoms with van der Waals surface area (Å²) in [6, 6.07) is 4.07. The minimum Gasteiger partial charge on any atom is -0.410 e. The Bertz CT molecular complexity index is 329. The molecule has 5 heteroatoms. The van der Waals surface area contributed by atoms with Gasteiger partial charge in [0.05, 0.1) is 0 Å². The highest BCUT2D eigenvalue weighted by atomic mass is 79.9. The van der Waals surface area contributed by atoms with Crippen LogP contribution in [-0.4, -0.2) is 9.83 Å². The average Bonchev–Trinajstić information content (AvgIpc) is 2.03. The van der Waals surface area contributed by atoms with Crippen molar-refractivity contribution >= 4 is 32.2 Å². The van der Waals surface area contributed by atoms with E-state index in [0.717, 1.165) is 6.07 Å². The zero-order valence-electron chi connectivity index (χ0n) is 5.76. The van der Waals surface area contributed by atoms with Crippen molar-refractivity contribution < 1.29 is 9.60 Å². The van der Waals surface area contributed by atoms with Crippen LogP contribution in [0, 0.1) is 5.82 Å². The van der Waals surface area contributed by atoms with Crippen molar-refractivity contribution in [1.82, 2.24) is 0 Å². The van der Waals surface area contributed by atoms with Gasteiger partial charge in [0.1, 0.15) is 5.82 Å². The van der Waals surface area contributed by atoms with Gasteiger partial charge in [-0.05, 0) is 34.1 Å². The molecule has 1 N–H and O–H groups in total. The second-order valence-corrected chi connectivity index (χ2v) is 3.20. The summed E-state index contributed by atoms with van der Waals surface area (Å²) in [4.78, 5) is 0. The van der Waals surface area contributed by atoms with Gasteiger partial charge >= 0.3 is 0 Å². The molecule has 2 nitrogen and oxygen atoms in total. The summed E-state index contributed by atoms with van der Waals surface area (Å²) in [5.74, 6) is -0.535. The van der Waals surface area contributed by atoms with E-state index in [1.165, 1.54) is 12.1 Å². The van der Waals surface area contributed by atoms with Gasteiger partial charge in [-0.25, -0.2) is 4.39 Å². The monoisotopic (exact) mass is 251 g/mol. The molecular formula is C7H4BrClFNO. The fraction of sp³-hybridized carbons (Fsp3) is 0. The summed E-state index contributed by atoms with van der Waals surface area (Å²) >= 11 is 8.38. The van der Waals surface area contributed by atoms with E-state index in [1.54, 1.807) is 0 Å². The molecule has 0 unspecified atom stereocenters. The highest BCUT2D eigenvalue weighted by molar-refractivity contribution is 9.18. The summed E-state index contributed by atoms with van der Waals surface area (Å²) in [5, 5.41) is 11.4. The van der Waals surface area contributed by atoms with Crippen LogP contribution in [0.2, 0.25) is 5.02 Å². The van der Waals surface area contributed by atoms with Gasteiger partial charge in [-0.15, -0.1) is 0 Å². The fourth-order valence-corrected chi connectivity index (χ4v) is 1.19. The number of nitrogens with zero attached hydrogens (tertiary/aromatic N) is 1. The first kappa shape index (κ1) is 9.48. The highest BCUT2D eigenvalue weighted by Crippen LogP contribution is 2.17. The van der Waals surface area contributed by atoms with Gasteiger partial charge in [0.25, 0.3) is 0 Å². The highest BCUT2D eigenvalue weighted by Gasteiger charge is 2.06. The maximum absolute atomic E-state index is 13.0. The summed E-state index contributed by atoms with van der Waals surface area (Å²) in [5.41, 5.74) is 0.168. The van der Waals surface area contributed by atoms with E-state index in [0.29, 0.717) is 5.02 Å². The Morgan fingerprint density at radius 1 is 1.58 bits per heavy atom. The third-order valence-corrected chi connectivity index (χ3v) is 2.06. The number of rotatable bonds is 1. The van der Waals surface area contributed by atoms with Crippen molar-refractivity contribution in [2.45, 2.75) is 0 Å². The van der Waals surface area contributed by atoms with Crippen LogP contribution in [-0.2, 0) is 0 Å². The van der Waals surface area contributed by atoms with Crippen molar-refractivity contribution in [3.63, 3.8) is 0 Å². The molecular weight excluding hydrogens is 248 g/mol. The molecule has 0 saturated heterocycles. The largest absolute Gasteiger partial charge is 0.410 e. The third-order valence-electron chi connectivity index (χ3n) is 1.24. The Morgan fingerprint density at radius 2 is 2.25 bits per heavy atom. The van der Waals surface area contributed by atoms with Crippen LogP contribution in [0.25, 0.3) is 0 Å².